The van der Waals surface area contributed by atoms with Crippen LogP contribution >= 0.6 is 12.0 Å². The van der Waals surface area contributed by atoms with Crippen LogP contribution in [0.4, 0.5) is 26.3 Å². The minimum Gasteiger partial charge on any atom is -0.314 e. The average molecular weight is 332 g/mol. The molecule has 1 nitrogen and oxygen atoms in total. The largest absolute Gasteiger partial charge is 0.416 e. The van der Waals surface area contributed by atoms with Crippen LogP contribution in [-0.4, -0.2) is 7.11 Å². The molecule has 1 aromatic rings. The summed E-state index contributed by atoms with van der Waals surface area (Å²) in [6.45, 7) is 3.95. The zero-order valence-electron chi connectivity index (χ0n) is 11.7. The summed E-state index contributed by atoms with van der Waals surface area (Å²) in [7, 11) is 1.17. The van der Waals surface area contributed by atoms with E-state index in [0.717, 1.165) is 0 Å². The van der Waals surface area contributed by atoms with Gasteiger partial charge in [-0.3, -0.25) is 0 Å². The SMILES string of the molecule is COSc1cc(C(F)(F)F)c(C(C)(C)C)c(C(F)(F)F)c1. The summed E-state index contributed by atoms with van der Waals surface area (Å²) in [6.07, 6.45) is -9.76. The van der Waals surface area contributed by atoms with Gasteiger partial charge in [0.05, 0.1) is 18.2 Å². The van der Waals surface area contributed by atoms with E-state index >= 15 is 0 Å². The van der Waals surface area contributed by atoms with Crippen molar-refractivity contribution in [3.63, 3.8) is 0 Å². The number of alkyl halides is 6. The second-order valence-corrected chi connectivity index (χ2v) is 6.36. The monoisotopic (exact) mass is 332 g/mol. The molecule has 21 heavy (non-hydrogen) atoms. The van der Waals surface area contributed by atoms with Crippen LogP contribution < -0.4 is 0 Å². The fourth-order valence-electron chi connectivity index (χ4n) is 2.02. The molecule has 8 heteroatoms. The van der Waals surface area contributed by atoms with E-state index in [1.165, 1.54) is 27.9 Å². The Labute approximate surface area is 122 Å². The van der Waals surface area contributed by atoms with Crippen LogP contribution in [0.25, 0.3) is 0 Å². The van der Waals surface area contributed by atoms with Crippen LogP contribution in [-0.2, 0) is 22.0 Å². The van der Waals surface area contributed by atoms with Gasteiger partial charge in [-0.25, -0.2) is 0 Å². The van der Waals surface area contributed by atoms with Crippen molar-refractivity contribution in [2.24, 2.45) is 0 Å². The Balaban J connectivity index is 3.79. The van der Waals surface area contributed by atoms with Gasteiger partial charge in [0.2, 0.25) is 0 Å². The highest BCUT2D eigenvalue weighted by Gasteiger charge is 2.44. The molecule has 0 N–H and O–H groups in total. The van der Waals surface area contributed by atoms with Gasteiger partial charge in [0.25, 0.3) is 0 Å². The molecule has 0 radical (unpaired) electrons. The van der Waals surface area contributed by atoms with Crippen molar-refractivity contribution in [3.8, 4) is 0 Å². The van der Waals surface area contributed by atoms with Gasteiger partial charge in [-0.1, -0.05) is 20.8 Å². The Morgan fingerprint density at radius 1 is 0.857 bits per heavy atom. The van der Waals surface area contributed by atoms with E-state index in [-0.39, 0.29) is 4.90 Å². The third-order valence-corrected chi connectivity index (χ3v) is 3.25. The highest BCUT2D eigenvalue weighted by atomic mass is 32.2. The molecule has 0 aliphatic rings. The van der Waals surface area contributed by atoms with Crippen LogP contribution in [0.15, 0.2) is 17.0 Å². The Kier molecular flexibility index (Phi) is 4.94. The molecule has 0 spiro atoms. The molecule has 0 heterocycles. The zero-order valence-corrected chi connectivity index (χ0v) is 12.6. The molecule has 0 atom stereocenters. The van der Waals surface area contributed by atoms with Crippen LogP contribution in [0.3, 0.4) is 0 Å². The summed E-state index contributed by atoms with van der Waals surface area (Å²) in [5, 5.41) is 0. The number of hydrogen-bond donors (Lipinski definition) is 0. The summed E-state index contributed by atoms with van der Waals surface area (Å²) in [4.78, 5) is -0.245. The highest BCUT2D eigenvalue weighted by Crippen LogP contribution is 2.46. The minimum absolute atomic E-state index is 0.245. The zero-order chi connectivity index (χ0) is 16.6. The first-order valence-electron chi connectivity index (χ1n) is 5.82. The first kappa shape index (κ1) is 18.2. The van der Waals surface area contributed by atoms with Crippen molar-refractivity contribution >= 4 is 12.0 Å². The molecule has 120 valence electrons. The van der Waals surface area contributed by atoms with Gasteiger partial charge < -0.3 is 4.18 Å². The van der Waals surface area contributed by atoms with Gasteiger partial charge in [-0.2, -0.15) is 26.3 Å². The van der Waals surface area contributed by atoms with E-state index in [2.05, 4.69) is 4.18 Å². The molecule has 0 aromatic heterocycles. The standard InChI is InChI=1S/C13H14F6OS/c1-11(2,3)10-8(12(14,15)16)5-7(21-20-4)6-9(10)13(17,18)19/h5-6H,1-4H3. The maximum absolute atomic E-state index is 13.1. The molecule has 0 amide bonds. The van der Waals surface area contributed by atoms with Crippen molar-refractivity contribution in [3.05, 3.63) is 28.8 Å². The van der Waals surface area contributed by atoms with Gasteiger partial charge in [0, 0.05) is 16.9 Å². The molecule has 0 saturated carbocycles. The van der Waals surface area contributed by atoms with Crippen molar-refractivity contribution in [2.75, 3.05) is 7.11 Å². The number of hydrogen-bond acceptors (Lipinski definition) is 2. The van der Waals surface area contributed by atoms with E-state index < -0.39 is 34.5 Å². The van der Waals surface area contributed by atoms with Crippen molar-refractivity contribution < 1.29 is 30.5 Å². The maximum Gasteiger partial charge on any atom is 0.416 e. The van der Waals surface area contributed by atoms with Gasteiger partial charge in [-0.15, -0.1) is 0 Å². The Morgan fingerprint density at radius 3 is 1.48 bits per heavy atom. The van der Waals surface area contributed by atoms with Crippen LogP contribution in [0.1, 0.15) is 37.5 Å². The number of benzene rings is 1. The first-order valence-corrected chi connectivity index (χ1v) is 6.56. The van der Waals surface area contributed by atoms with Crippen molar-refractivity contribution in [1.29, 1.82) is 0 Å². The van der Waals surface area contributed by atoms with E-state index in [1.54, 1.807) is 0 Å². The van der Waals surface area contributed by atoms with Crippen LogP contribution in [0.5, 0.6) is 0 Å². The predicted octanol–water partition coefficient (Wildman–Crippen LogP) is 5.68. The average Bonchev–Trinajstić information content (AvgIpc) is 2.24. The van der Waals surface area contributed by atoms with Gasteiger partial charge >= 0.3 is 12.4 Å². The molecule has 0 aliphatic carbocycles. The Hall–Kier alpha value is -0.890. The smallest absolute Gasteiger partial charge is 0.314 e. The Bertz CT molecular complexity index is 478. The third kappa shape index (κ3) is 4.29. The minimum atomic E-state index is -4.88. The fraction of sp³-hybridized carbons (Fsp3) is 0.538. The Morgan fingerprint density at radius 2 is 1.24 bits per heavy atom. The number of rotatable bonds is 2. The highest BCUT2D eigenvalue weighted by molar-refractivity contribution is 7.94. The molecule has 0 bridgehead atoms. The van der Waals surface area contributed by atoms with Gasteiger partial charge in [0.1, 0.15) is 0 Å². The summed E-state index contributed by atoms with van der Waals surface area (Å²) in [5.74, 6) is 0. The fourth-order valence-corrected chi connectivity index (χ4v) is 2.54. The maximum atomic E-state index is 13.1. The van der Waals surface area contributed by atoms with Gasteiger partial charge in [-0.05, 0) is 23.1 Å². The molecular weight excluding hydrogens is 318 g/mol. The summed E-state index contributed by atoms with van der Waals surface area (Å²) in [5.41, 5.74) is -4.65. The molecule has 1 aromatic carbocycles. The van der Waals surface area contributed by atoms with E-state index in [4.69, 9.17) is 0 Å². The molecule has 0 unspecified atom stereocenters. The van der Waals surface area contributed by atoms with Crippen molar-refractivity contribution in [2.45, 2.75) is 43.4 Å². The lowest BCUT2D eigenvalue weighted by Crippen LogP contribution is -2.25. The summed E-state index contributed by atoms with van der Waals surface area (Å²) < 4.78 is 83.5. The van der Waals surface area contributed by atoms with E-state index in [0.29, 0.717) is 24.2 Å². The second-order valence-electron chi connectivity index (χ2n) is 5.39. The lowest BCUT2D eigenvalue weighted by Gasteiger charge is -2.28. The lowest BCUT2D eigenvalue weighted by molar-refractivity contribution is -0.145. The molecule has 0 aliphatic heterocycles. The van der Waals surface area contributed by atoms with Crippen LogP contribution in [0, 0.1) is 0 Å². The number of halogens is 6. The van der Waals surface area contributed by atoms with Gasteiger partial charge in [0.15, 0.2) is 0 Å². The summed E-state index contributed by atoms with van der Waals surface area (Å²) in [6, 6.07) is 1.37. The first-order chi connectivity index (χ1) is 9.28. The van der Waals surface area contributed by atoms with E-state index in [1.807, 2.05) is 0 Å². The topological polar surface area (TPSA) is 9.23 Å². The second kappa shape index (κ2) is 5.72. The molecule has 0 fully saturated rings. The normalized spacial score (nSPS) is 13.6. The van der Waals surface area contributed by atoms with Crippen molar-refractivity contribution in [1.82, 2.24) is 0 Å². The predicted molar refractivity (Wildman–Crippen MR) is 68.0 cm³/mol. The summed E-state index contributed by atoms with van der Waals surface area (Å²) >= 11 is 0.455. The molecule has 0 saturated heterocycles. The van der Waals surface area contributed by atoms with Crippen LogP contribution in [0.2, 0.25) is 0 Å². The molecule has 1 rings (SSSR count). The quantitative estimate of drug-likeness (QED) is 0.509. The third-order valence-electron chi connectivity index (χ3n) is 2.65. The van der Waals surface area contributed by atoms with E-state index in [9.17, 15) is 26.3 Å². The molecular formula is C13H14F6OS. The lowest BCUT2D eigenvalue weighted by atomic mass is 9.80.